The van der Waals surface area contributed by atoms with Gasteiger partial charge in [0.15, 0.2) is 6.29 Å². The third-order valence-corrected chi connectivity index (χ3v) is 3.28. The molecule has 1 aliphatic heterocycles. The van der Waals surface area contributed by atoms with Gasteiger partial charge in [0.1, 0.15) is 0 Å². The van der Waals surface area contributed by atoms with Gasteiger partial charge < -0.3 is 9.47 Å². The summed E-state index contributed by atoms with van der Waals surface area (Å²) < 4.78 is 12.1. The van der Waals surface area contributed by atoms with Crippen molar-refractivity contribution < 1.29 is 9.47 Å². The molecule has 1 fully saturated rings. The first-order valence-electron chi connectivity index (χ1n) is 4.68. The molecule has 0 spiro atoms. The van der Waals surface area contributed by atoms with Crippen LogP contribution >= 0.6 is 15.9 Å². The standard InChI is InChI=1S/C11H13BrO2/c1-7-5-8(2)10(12)6-9(7)11-13-3-4-14-11/h5-6,11H,3-4H2,1-2H3. The molecule has 1 heterocycles. The van der Waals surface area contributed by atoms with Gasteiger partial charge in [-0.1, -0.05) is 22.0 Å². The summed E-state index contributed by atoms with van der Waals surface area (Å²) in [6.45, 7) is 5.54. The van der Waals surface area contributed by atoms with Crippen LogP contribution in [0.25, 0.3) is 0 Å². The van der Waals surface area contributed by atoms with Crippen LogP contribution in [0, 0.1) is 13.8 Å². The van der Waals surface area contributed by atoms with Crippen LogP contribution < -0.4 is 0 Å². The molecule has 2 rings (SSSR count). The van der Waals surface area contributed by atoms with E-state index < -0.39 is 0 Å². The lowest BCUT2D eigenvalue weighted by Crippen LogP contribution is -2.01. The van der Waals surface area contributed by atoms with Gasteiger partial charge >= 0.3 is 0 Å². The van der Waals surface area contributed by atoms with Gasteiger partial charge in [0.25, 0.3) is 0 Å². The Morgan fingerprint density at radius 3 is 2.43 bits per heavy atom. The molecular formula is C11H13BrO2. The third-order valence-electron chi connectivity index (χ3n) is 2.42. The zero-order valence-corrected chi connectivity index (χ0v) is 9.93. The van der Waals surface area contributed by atoms with Crippen molar-refractivity contribution in [1.82, 2.24) is 0 Å². The number of halogens is 1. The van der Waals surface area contributed by atoms with Gasteiger partial charge in [-0.2, -0.15) is 0 Å². The van der Waals surface area contributed by atoms with Crippen molar-refractivity contribution in [1.29, 1.82) is 0 Å². The largest absolute Gasteiger partial charge is 0.346 e. The first kappa shape index (κ1) is 10.1. The summed E-state index contributed by atoms with van der Waals surface area (Å²) in [6, 6.07) is 4.23. The molecule has 0 N–H and O–H groups in total. The summed E-state index contributed by atoms with van der Waals surface area (Å²) in [5.74, 6) is 0. The predicted octanol–water partition coefficient (Wildman–Crippen LogP) is 3.11. The van der Waals surface area contributed by atoms with Crippen LogP contribution in [0.2, 0.25) is 0 Å². The van der Waals surface area contributed by atoms with Crippen molar-refractivity contribution >= 4 is 15.9 Å². The summed E-state index contributed by atoms with van der Waals surface area (Å²) in [5, 5.41) is 0. The van der Waals surface area contributed by atoms with Crippen LogP contribution in [-0.2, 0) is 9.47 Å². The first-order valence-corrected chi connectivity index (χ1v) is 5.47. The van der Waals surface area contributed by atoms with Gasteiger partial charge in [-0.3, -0.25) is 0 Å². The fraction of sp³-hybridized carbons (Fsp3) is 0.455. The highest BCUT2D eigenvalue weighted by Crippen LogP contribution is 2.30. The van der Waals surface area contributed by atoms with E-state index in [0.29, 0.717) is 13.2 Å². The molecule has 0 amide bonds. The predicted molar refractivity (Wildman–Crippen MR) is 58.3 cm³/mol. The van der Waals surface area contributed by atoms with Gasteiger partial charge in [-0.15, -0.1) is 0 Å². The molecule has 0 aromatic heterocycles. The van der Waals surface area contributed by atoms with E-state index in [4.69, 9.17) is 9.47 Å². The molecule has 3 heteroatoms. The maximum atomic E-state index is 5.47. The number of rotatable bonds is 1. The van der Waals surface area contributed by atoms with Gasteiger partial charge in [0.05, 0.1) is 13.2 Å². The Labute approximate surface area is 92.3 Å². The first-order chi connectivity index (χ1) is 6.68. The van der Waals surface area contributed by atoms with E-state index in [1.165, 1.54) is 11.1 Å². The summed E-state index contributed by atoms with van der Waals surface area (Å²) >= 11 is 3.52. The number of hydrogen-bond donors (Lipinski definition) is 0. The average molecular weight is 257 g/mol. The van der Waals surface area contributed by atoms with Crippen LogP contribution in [0.4, 0.5) is 0 Å². The number of aryl methyl sites for hydroxylation is 2. The highest BCUT2D eigenvalue weighted by molar-refractivity contribution is 9.10. The third kappa shape index (κ3) is 1.85. The van der Waals surface area contributed by atoms with Crippen molar-refractivity contribution in [3.05, 3.63) is 33.3 Å². The van der Waals surface area contributed by atoms with E-state index in [0.717, 1.165) is 10.0 Å². The second kappa shape index (κ2) is 4.01. The van der Waals surface area contributed by atoms with E-state index in [-0.39, 0.29) is 6.29 Å². The topological polar surface area (TPSA) is 18.5 Å². The molecule has 0 aliphatic carbocycles. The molecule has 1 aromatic rings. The van der Waals surface area contributed by atoms with E-state index in [1.807, 2.05) is 0 Å². The van der Waals surface area contributed by atoms with Crippen molar-refractivity contribution in [3.63, 3.8) is 0 Å². The Kier molecular flexibility index (Phi) is 2.91. The molecule has 0 radical (unpaired) electrons. The number of ether oxygens (including phenoxy) is 2. The van der Waals surface area contributed by atoms with Crippen molar-refractivity contribution in [2.45, 2.75) is 20.1 Å². The second-order valence-corrected chi connectivity index (χ2v) is 4.39. The van der Waals surface area contributed by atoms with Crippen molar-refractivity contribution in [3.8, 4) is 0 Å². The van der Waals surface area contributed by atoms with Gasteiger partial charge in [0.2, 0.25) is 0 Å². The molecule has 14 heavy (non-hydrogen) atoms. The van der Waals surface area contributed by atoms with Crippen molar-refractivity contribution in [2.24, 2.45) is 0 Å². The molecular weight excluding hydrogens is 244 g/mol. The van der Waals surface area contributed by atoms with Gasteiger partial charge in [0, 0.05) is 10.0 Å². The fourth-order valence-electron chi connectivity index (χ4n) is 1.63. The normalized spacial score (nSPS) is 17.6. The molecule has 0 unspecified atom stereocenters. The van der Waals surface area contributed by atoms with Gasteiger partial charge in [-0.25, -0.2) is 0 Å². The zero-order valence-electron chi connectivity index (χ0n) is 8.34. The fourth-order valence-corrected chi connectivity index (χ4v) is 1.99. The Balaban J connectivity index is 2.37. The molecule has 1 saturated heterocycles. The quantitative estimate of drug-likeness (QED) is 0.769. The Bertz CT molecular complexity index is 343. The van der Waals surface area contributed by atoms with Crippen molar-refractivity contribution in [2.75, 3.05) is 13.2 Å². The monoisotopic (exact) mass is 256 g/mol. The number of benzene rings is 1. The van der Waals surface area contributed by atoms with E-state index in [2.05, 4.69) is 41.9 Å². The van der Waals surface area contributed by atoms with Crippen LogP contribution in [0.3, 0.4) is 0 Å². The van der Waals surface area contributed by atoms with Crippen LogP contribution in [0.5, 0.6) is 0 Å². The Morgan fingerprint density at radius 2 is 1.79 bits per heavy atom. The summed E-state index contributed by atoms with van der Waals surface area (Å²) in [6.07, 6.45) is -0.174. The number of hydrogen-bond acceptors (Lipinski definition) is 2. The summed E-state index contributed by atoms with van der Waals surface area (Å²) in [5.41, 5.74) is 3.59. The van der Waals surface area contributed by atoms with E-state index in [1.54, 1.807) is 0 Å². The molecule has 0 bridgehead atoms. The smallest absolute Gasteiger partial charge is 0.184 e. The minimum Gasteiger partial charge on any atom is -0.346 e. The van der Waals surface area contributed by atoms with E-state index in [9.17, 15) is 0 Å². The highest BCUT2D eigenvalue weighted by atomic mass is 79.9. The maximum Gasteiger partial charge on any atom is 0.184 e. The van der Waals surface area contributed by atoms with Crippen LogP contribution in [0.15, 0.2) is 16.6 Å². The highest BCUT2D eigenvalue weighted by Gasteiger charge is 2.20. The molecule has 0 saturated carbocycles. The minimum absolute atomic E-state index is 0.174. The van der Waals surface area contributed by atoms with Crippen LogP contribution in [0.1, 0.15) is 23.0 Å². The zero-order chi connectivity index (χ0) is 10.1. The summed E-state index contributed by atoms with van der Waals surface area (Å²) in [4.78, 5) is 0. The Hall–Kier alpha value is -0.380. The molecule has 76 valence electrons. The molecule has 0 atom stereocenters. The Morgan fingerprint density at radius 1 is 1.14 bits per heavy atom. The SMILES string of the molecule is Cc1cc(C)c(C2OCCO2)cc1Br. The maximum absolute atomic E-state index is 5.47. The summed E-state index contributed by atoms with van der Waals surface area (Å²) in [7, 11) is 0. The molecule has 1 aromatic carbocycles. The molecule has 1 aliphatic rings. The van der Waals surface area contributed by atoms with Crippen LogP contribution in [-0.4, -0.2) is 13.2 Å². The minimum atomic E-state index is -0.174. The molecule has 2 nitrogen and oxygen atoms in total. The average Bonchev–Trinajstić information content (AvgIpc) is 2.64. The lowest BCUT2D eigenvalue weighted by molar-refractivity contribution is -0.0445. The lowest BCUT2D eigenvalue weighted by atomic mass is 10.1. The second-order valence-electron chi connectivity index (χ2n) is 3.53. The lowest BCUT2D eigenvalue weighted by Gasteiger charge is -2.14. The van der Waals surface area contributed by atoms with E-state index >= 15 is 0 Å². The van der Waals surface area contributed by atoms with Gasteiger partial charge in [-0.05, 0) is 31.0 Å².